The largest absolute Gasteiger partial charge is 0.312 e. The van der Waals surface area contributed by atoms with E-state index in [2.05, 4.69) is 17.3 Å². The van der Waals surface area contributed by atoms with Crippen LogP contribution in [-0.2, 0) is 0 Å². The Bertz CT molecular complexity index is 430. The van der Waals surface area contributed by atoms with Crippen LogP contribution in [0.3, 0.4) is 0 Å². The fourth-order valence-electron chi connectivity index (χ4n) is 3.09. The summed E-state index contributed by atoms with van der Waals surface area (Å²) in [7, 11) is 3.88. The maximum Gasteiger partial charge on any atom is 0.163 e. The average molecular weight is 282 g/mol. The molecule has 0 saturated heterocycles. The molecule has 112 valence electrons. The number of rotatable bonds is 5. The summed E-state index contributed by atoms with van der Waals surface area (Å²) in [6, 6.07) is 4.78. The molecule has 0 aromatic heterocycles. The highest BCUT2D eigenvalue weighted by Gasteiger charge is 2.23. The van der Waals surface area contributed by atoms with Crippen molar-refractivity contribution in [2.24, 2.45) is 0 Å². The molecule has 1 aliphatic rings. The predicted molar refractivity (Wildman–Crippen MR) is 77.7 cm³/mol. The van der Waals surface area contributed by atoms with Crippen LogP contribution in [0.2, 0.25) is 0 Å². The summed E-state index contributed by atoms with van der Waals surface area (Å²) in [5.74, 6) is -1.51. The molecule has 1 atom stereocenters. The van der Waals surface area contributed by atoms with E-state index in [1.54, 1.807) is 19.2 Å². The molecule has 1 aromatic rings. The maximum atomic E-state index is 13.9. The molecule has 0 radical (unpaired) electrons. The van der Waals surface area contributed by atoms with Crippen molar-refractivity contribution in [3.8, 4) is 0 Å². The first kappa shape index (κ1) is 15.4. The minimum absolute atomic E-state index is 0.183. The molecule has 2 nitrogen and oxygen atoms in total. The summed E-state index contributed by atoms with van der Waals surface area (Å²) in [5, 5.41) is 3.11. The summed E-state index contributed by atoms with van der Waals surface area (Å²) in [5.41, 5.74) is 0.412. The van der Waals surface area contributed by atoms with E-state index < -0.39 is 11.6 Å². The molecule has 0 amide bonds. The third kappa shape index (κ3) is 3.55. The van der Waals surface area contributed by atoms with E-state index in [4.69, 9.17) is 0 Å². The third-order valence-corrected chi connectivity index (χ3v) is 4.37. The number of likely N-dealkylation sites (N-methyl/N-ethyl adjacent to an activating group) is 2. The van der Waals surface area contributed by atoms with Crippen molar-refractivity contribution in [3.63, 3.8) is 0 Å². The van der Waals surface area contributed by atoms with Gasteiger partial charge >= 0.3 is 0 Å². The van der Waals surface area contributed by atoms with Gasteiger partial charge in [0.2, 0.25) is 0 Å². The number of hydrogen-bond acceptors (Lipinski definition) is 2. The fourth-order valence-corrected chi connectivity index (χ4v) is 3.09. The Hall–Kier alpha value is -1.00. The van der Waals surface area contributed by atoms with Gasteiger partial charge in [-0.1, -0.05) is 31.4 Å². The van der Waals surface area contributed by atoms with Gasteiger partial charge in [-0.05, 0) is 33.0 Å². The minimum Gasteiger partial charge on any atom is -0.312 e. The highest BCUT2D eigenvalue weighted by atomic mass is 19.2. The second-order valence-corrected chi connectivity index (χ2v) is 5.72. The molecule has 1 aliphatic carbocycles. The first-order chi connectivity index (χ1) is 9.63. The molecule has 0 bridgehead atoms. The van der Waals surface area contributed by atoms with Gasteiger partial charge in [0.05, 0.1) is 0 Å². The van der Waals surface area contributed by atoms with Crippen LogP contribution in [0.5, 0.6) is 0 Å². The zero-order chi connectivity index (χ0) is 14.5. The zero-order valence-electron chi connectivity index (χ0n) is 12.3. The normalized spacial score (nSPS) is 18.4. The van der Waals surface area contributed by atoms with E-state index in [1.165, 1.54) is 32.1 Å². The van der Waals surface area contributed by atoms with Crippen LogP contribution in [0.15, 0.2) is 18.2 Å². The topological polar surface area (TPSA) is 15.3 Å². The van der Waals surface area contributed by atoms with Crippen LogP contribution < -0.4 is 5.32 Å². The van der Waals surface area contributed by atoms with Crippen molar-refractivity contribution in [2.45, 2.75) is 44.2 Å². The molecule has 20 heavy (non-hydrogen) atoms. The Morgan fingerprint density at radius 3 is 2.60 bits per heavy atom. The molecule has 1 N–H and O–H groups in total. The second-order valence-electron chi connectivity index (χ2n) is 5.72. The van der Waals surface area contributed by atoms with Gasteiger partial charge in [-0.3, -0.25) is 0 Å². The van der Waals surface area contributed by atoms with E-state index in [0.29, 0.717) is 18.2 Å². The highest BCUT2D eigenvalue weighted by Crippen LogP contribution is 2.25. The number of nitrogens with one attached hydrogen (secondary N) is 1. The lowest BCUT2D eigenvalue weighted by Gasteiger charge is -2.34. The molecule has 1 unspecified atom stereocenters. The monoisotopic (exact) mass is 282 g/mol. The maximum absolute atomic E-state index is 13.9. The van der Waals surface area contributed by atoms with Gasteiger partial charge in [0.15, 0.2) is 11.6 Å². The fraction of sp³-hybridized carbons (Fsp3) is 0.625. The molecule has 2 rings (SSSR count). The molecular weight excluding hydrogens is 258 g/mol. The van der Waals surface area contributed by atoms with Crippen LogP contribution >= 0.6 is 0 Å². The van der Waals surface area contributed by atoms with Gasteiger partial charge in [0.1, 0.15) is 0 Å². The lowest BCUT2D eigenvalue weighted by molar-refractivity contribution is 0.175. The minimum atomic E-state index is -0.775. The van der Waals surface area contributed by atoms with Crippen LogP contribution in [0.1, 0.15) is 43.7 Å². The van der Waals surface area contributed by atoms with Crippen molar-refractivity contribution >= 4 is 0 Å². The molecule has 0 aliphatic heterocycles. The van der Waals surface area contributed by atoms with Gasteiger partial charge in [0.25, 0.3) is 0 Å². The lowest BCUT2D eigenvalue weighted by Crippen LogP contribution is -2.39. The molecule has 0 spiro atoms. The lowest BCUT2D eigenvalue weighted by atomic mass is 9.94. The van der Waals surface area contributed by atoms with Crippen LogP contribution in [0, 0.1) is 11.6 Å². The van der Waals surface area contributed by atoms with Crippen molar-refractivity contribution in [1.82, 2.24) is 10.2 Å². The van der Waals surface area contributed by atoms with Gasteiger partial charge in [0, 0.05) is 24.2 Å². The van der Waals surface area contributed by atoms with Crippen molar-refractivity contribution in [2.75, 3.05) is 20.6 Å². The van der Waals surface area contributed by atoms with Gasteiger partial charge in [-0.25, -0.2) is 8.78 Å². The van der Waals surface area contributed by atoms with E-state index in [-0.39, 0.29) is 6.04 Å². The third-order valence-electron chi connectivity index (χ3n) is 4.37. The van der Waals surface area contributed by atoms with Crippen LogP contribution in [0.25, 0.3) is 0 Å². The number of benzene rings is 1. The summed E-state index contributed by atoms with van der Waals surface area (Å²) in [4.78, 5) is 2.28. The summed E-state index contributed by atoms with van der Waals surface area (Å²) < 4.78 is 27.2. The smallest absolute Gasteiger partial charge is 0.163 e. The Morgan fingerprint density at radius 2 is 1.95 bits per heavy atom. The Balaban J connectivity index is 2.06. The Labute approximate surface area is 120 Å². The van der Waals surface area contributed by atoms with Gasteiger partial charge in [-0.15, -0.1) is 0 Å². The average Bonchev–Trinajstić information content (AvgIpc) is 2.48. The molecule has 1 fully saturated rings. The SMILES string of the molecule is CNC(CN(C)C1CCCCC1)c1cccc(F)c1F. The predicted octanol–water partition coefficient (Wildman–Crippen LogP) is 3.49. The van der Waals surface area contributed by atoms with Crippen molar-refractivity contribution < 1.29 is 8.78 Å². The first-order valence-electron chi connectivity index (χ1n) is 7.45. The zero-order valence-corrected chi connectivity index (χ0v) is 12.3. The van der Waals surface area contributed by atoms with Gasteiger partial charge < -0.3 is 10.2 Å². The van der Waals surface area contributed by atoms with Gasteiger partial charge in [-0.2, -0.15) is 0 Å². The highest BCUT2D eigenvalue weighted by molar-refractivity contribution is 5.23. The van der Waals surface area contributed by atoms with E-state index in [0.717, 1.165) is 6.07 Å². The quantitative estimate of drug-likeness (QED) is 0.889. The van der Waals surface area contributed by atoms with Crippen LogP contribution in [-0.4, -0.2) is 31.6 Å². The molecular formula is C16H24F2N2. The molecule has 4 heteroatoms. The number of nitrogens with zero attached hydrogens (tertiary/aromatic N) is 1. The first-order valence-corrected chi connectivity index (χ1v) is 7.45. The van der Waals surface area contributed by atoms with E-state index in [9.17, 15) is 8.78 Å². The number of halogens is 2. The van der Waals surface area contributed by atoms with Crippen molar-refractivity contribution in [1.29, 1.82) is 0 Å². The molecule has 0 heterocycles. The summed E-state index contributed by atoms with van der Waals surface area (Å²) in [6.45, 7) is 0.696. The number of hydrogen-bond donors (Lipinski definition) is 1. The van der Waals surface area contributed by atoms with Crippen molar-refractivity contribution in [3.05, 3.63) is 35.4 Å². The standard InChI is InChI=1S/C16H24F2N2/c1-19-15(13-9-6-10-14(17)16(13)18)11-20(2)12-7-4-3-5-8-12/h6,9-10,12,15,19H,3-5,7-8,11H2,1-2H3. The summed E-state index contributed by atoms with van der Waals surface area (Å²) >= 11 is 0. The molecule has 1 saturated carbocycles. The summed E-state index contributed by atoms with van der Waals surface area (Å²) in [6.07, 6.45) is 6.27. The Kier molecular flexibility index (Phi) is 5.49. The second kappa shape index (κ2) is 7.14. The van der Waals surface area contributed by atoms with E-state index >= 15 is 0 Å². The molecule has 1 aromatic carbocycles. The van der Waals surface area contributed by atoms with Crippen LogP contribution in [0.4, 0.5) is 8.78 Å². The Morgan fingerprint density at radius 1 is 1.25 bits per heavy atom. The van der Waals surface area contributed by atoms with E-state index in [1.807, 2.05) is 0 Å².